The number of nitrogens with zero attached hydrogens (tertiary/aromatic N) is 1. The van der Waals surface area contributed by atoms with Crippen LogP contribution in [0.25, 0.3) is 0 Å². The SMILES string of the molecule is CC(Oc1ccc([N+](=O)[O-])cc1)C(=O)Nc1ccc(Oc2ccccc2)cc1. The van der Waals surface area contributed by atoms with Crippen LogP contribution >= 0.6 is 0 Å². The third kappa shape index (κ3) is 5.07. The van der Waals surface area contributed by atoms with Gasteiger partial charge in [0.1, 0.15) is 17.2 Å². The van der Waals surface area contributed by atoms with Gasteiger partial charge in [-0.05, 0) is 55.5 Å². The summed E-state index contributed by atoms with van der Waals surface area (Å²) in [5, 5.41) is 13.4. The molecule has 0 saturated heterocycles. The van der Waals surface area contributed by atoms with E-state index >= 15 is 0 Å². The van der Waals surface area contributed by atoms with Crippen LogP contribution in [-0.4, -0.2) is 16.9 Å². The summed E-state index contributed by atoms with van der Waals surface area (Å²) in [6, 6.07) is 21.9. The Morgan fingerprint density at radius 1 is 0.893 bits per heavy atom. The molecule has 3 aromatic rings. The third-order valence-electron chi connectivity index (χ3n) is 3.83. The van der Waals surface area contributed by atoms with Crippen molar-refractivity contribution in [2.75, 3.05) is 5.32 Å². The van der Waals surface area contributed by atoms with Crippen LogP contribution in [0.1, 0.15) is 6.92 Å². The van der Waals surface area contributed by atoms with Crippen molar-refractivity contribution in [1.29, 1.82) is 0 Å². The van der Waals surface area contributed by atoms with Crippen LogP contribution in [0.15, 0.2) is 78.9 Å². The fourth-order valence-corrected chi connectivity index (χ4v) is 2.38. The van der Waals surface area contributed by atoms with Gasteiger partial charge in [0.2, 0.25) is 0 Å². The summed E-state index contributed by atoms with van der Waals surface area (Å²) < 4.78 is 11.2. The highest BCUT2D eigenvalue weighted by Crippen LogP contribution is 2.23. The number of amides is 1. The zero-order valence-electron chi connectivity index (χ0n) is 15.1. The van der Waals surface area contributed by atoms with Crippen LogP contribution in [0.5, 0.6) is 17.2 Å². The highest BCUT2D eigenvalue weighted by molar-refractivity contribution is 5.94. The minimum absolute atomic E-state index is 0.0396. The Morgan fingerprint density at radius 2 is 1.46 bits per heavy atom. The molecule has 1 unspecified atom stereocenters. The Bertz CT molecular complexity index is 941. The average molecular weight is 378 g/mol. The lowest BCUT2D eigenvalue weighted by Crippen LogP contribution is -2.30. The topological polar surface area (TPSA) is 90.7 Å². The van der Waals surface area contributed by atoms with E-state index < -0.39 is 11.0 Å². The first kappa shape index (κ1) is 18.9. The average Bonchev–Trinajstić information content (AvgIpc) is 2.70. The number of carbonyl (C=O) groups excluding carboxylic acids is 1. The summed E-state index contributed by atoms with van der Waals surface area (Å²) in [5.74, 6) is 1.42. The molecule has 0 saturated carbocycles. The van der Waals surface area contributed by atoms with Crippen LogP contribution in [-0.2, 0) is 4.79 Å². The van der Waals surface area contributed by atoms with Gasteiger partial charge in [-0.15, -0.1) is 0 Å². The first-order valence-corrected chi connectivity index (χ1v) is 8.56. The molecule has 0 aromatic heterocycles. The maximum absolute atomic E-state index is 12.3. The molecule has 3 aromatic carbocycles. The van der Waals surface area contributed by atoms with Gasteiger partial charge in [-0.25, -0.2) is 0 Å². The second kappa shape index (κ2) is 8.68. The number of benzene rings is 3. The Kier molecular flexibility index (Phi) is 5.86. The number of ether oxygens (including phenoxy) is 2. The van der Waals surface area contributed by atoms with E-state index in [-0.39, 0.29) is 11.6 Å². The number of nitro groups is 1. The van der Waals surface area contributed by atoms with Crippen molar-refractivity contribution < 1.29 is 19.2 Å². The molecule has 0 fully saturated rings. The van der Waals surface area contributed by atoms with Crippen molar-refractivity contribution in [3.05, 3.63) is 89.0 Å². The van der Waals surface area contributed by atoms with E-state index in [1.165, 1.54) is 24.3 Å². The first-order chi connectivity index (χ1) is 13.5. The lowest BCUT2D eigenvalue weighted by molar-refractivity contribution is -0.384. The largest absolute Gasteiger partial charge is 0.481 e. The van der Waals surface area contributed by atoms with E-state index in [1.54, 1.807) is 31.2 Å². The monoisotopic (exact) mass is 378 g/mol. The molecule has 1 N–H and O–H groups in total. The van der Waals surface area contributed by atoms with Crippen molar-refractivity contribution in [3.63, 3.8) is 0 Å². The number of para-hydroxylation sites is 1. The van der Waals surface area contributed by atoms with Gasteiger partial charge in [-0.1, -0.05) is 18.2 Å². The Labute approximate surface area is 161 Å². The lowest BCUT2D eigenvalue weighted by Gasteiger charge is -2.15. The van der Waals surface area contributed by atoms with Crippen LogP contribution < -0.4 is 14.8 Å². The Hall–Kier alpha value is -3.87. The molecule has 0 aliphatic carbocycles. The molecule has 7 nitrogen and oxygen atoms in total. The smallest absolute Gasteiger partial charge is 0.269 e. The minimum atomic E-state index is -0.776. The molecule has 3 rings (SSSR count). The van der Waals surface area contributed by atoms with Gasteiger partial charge in [0.25, 0.3) is 11.6 Å². The minimum Gasteiger partial charge on any atom is -0.481 e. The maximum Gasteiger partial charge on any atom is 0.269 e. The number of carbonyl (C=O) groups is 1. The summed E-state index contributed by atoms with van der Waals surface area (Å²) >= 11 is 0. The van der Waals surface area contributed by atoms with Gasteiger partial charge in [0.15, 0.2) is 6.10 Å². The quantitative estimate of drug-likeness (QED) is 0.471. The predicted molar refractivity (Wildman–Crippen MR) is 105 cm³/mol. The van der Waals surface area contributed by atoms with E-state index in [0.29, 0.717) is 17.2 Å². The fraction of sp³-hybridized carbons (Fsp3) is 0.0952. The molecule has 0 radical (unpaired) electrons. The van der Waals surface area contributed by atoms with E-state index in [1.807, 2.05) is 30.3 Å². The summed E-state index contributed by atoms with van der Waals surface area (Å²) in [6.07, 6.45) is -0.776. The van der Waals surface area contributed by atoms with E-state index in [9.17, 15) is 14.9 Å². The molecule has 1 atom stereocenters. The number of non-ortho nitro benzene ring substituents is 1. The summed E-state index contributed by atoms with van der Waals surface area (Å²) in [7, 11) is 0. The zero-order chi connectivity index (χ0) is 19.9. The fourth-order valence-electron chi connectivity index (χ4n) is 2.38. The Morgan fingerprint density at radius 3 is 2.07 bits per heavy atom. The van der Waals surface area contributed by atoms with Crippen molar-refractivity contribution in [2.45, 2.75) is 13.0 Å². The zero-order valence-corrected chi connectivity index (χ0v) is 15.1. The summed E-state index contributed by atoms with van der Waals surface area (Å²) in [5.41, 5.74) is 0.562. The Balaban J connectivity index is 1.55. The van der Waals surface area contributed by atoms with Gasteiger partial charge < -0.3 is 14.8 Å². The van der Waals surface area contributed by atoms with Crippen molar-refractivity contribution in [1.82, 2.24) is 0 Å². The number of rotatable bonds is 7. The normalized spacial score (nSPS) is 11.3. The molecular weight excluding hydrogens is 360 g/mol. The van der Waals surface area contributed by atoms with Crippen molar-refractivity contribution in [3.8, 4) is 17.2 Å². The van der Waals surface area contributed by atoms with Gasteiger partial charge in [0, 0.05) is 17.8 Å². The van der Waals surface area contributed by atoms with Crippen LogP contribution in [0, 0.1) is 10.1 Å². The lowest BCUT2D eigenvalue weighted by atomic mass is 10.2. The summed E-state index contributed by atoms with van der Waals surface area (Å²) in [6.45, 7) is 1.60. The number of nitrogens with one attached hydrogen (secondary N) is 1. The highest BCUT2D eigenvalue weighted by atomic mass is 16.6. The van der Waals surface area contributed by atoms with Gasteiger partial charge in [-0.3, -0.25) is 14.9 Å². The van der Waals surface area contributed by atoms with Crippen LogP contribution in [0.4, 0.5) is 11.4 Å². The molecule has 7 heteroatoms. The second-order valence-corrected chi connectivity index (χ2v) is 5.94. The van der Waals surface area contributed by atoms with E-state index in [2.05, 4.69) is 5.32 Å². The molecule has 1 amide bonds. The number of hydrogen-bond donors (Lipinski definition) is 1. The van der Waals surface area contributed by atoms with Crippen molar-refractivity contribution in [2.24, 2.45) is 0 Å². The second-order valence-electron chi connectivity index (χ2n) is 5.94. The molecule has 0 heterocycles. The predicted octanol–water partition coefficient (Wildman–Crippen LogP) is 4.79. The highest BCUT2D eigenvalue weighted by Gasteiger charge is 2.15. The third-order valence-corrected chi connectivity index (χ3v) is 3.83. The summed E-state index contributed by atoms with van der Waals surface area (Å²) in [4.78, 5) is 22.5. The molecule has 0 spiro atoms. The molecular formula is C21H18N2O5. The first-order valence-electron chi connectivity index (χ1n) is 8.56. The number of nitro benzene ring substituents is 1. The number of hydrogen-bond acceptors (Lipinski definition) is 5. The van der Waals surface area contributed by atoms with Gasteiger partial charge in [-0.2, -0.15) is 0 Å². The van der Waals surface area contributed by atoms with Crippen LogP contribution in [0.2, 0.25) is 0 Å². The van der Waals surface area contributed by atoms with E-state index in [0.717, 1.165) is 5.75 Å². The maximum atomic E-state index is 12.3. The molecule has 142 valence electrons. The van der Waals surface area contributed by atoms with Crippen molar-refractivity contribution >= 4 is 17.3 Å². The van der Waals surface area contributed by atoms with E-state index in [4.69, 9.17) is 9.47 Å². The van der Waals surface area contributed by atoms with Gasteiger partial charge in [0.05, 0.1) is 4.92 Å². The molecule has 0 aliphatic rings. The van der Waals surface area contributed by atoms with Crippen LogP contribution in [0.3, 0.4) is 0 Å². The van der Waals surface area contributed by atoms with Gasteiger partial charge >= 0.3 is 0 Å². The standard InChI is InChI=1S/C21H18N2O5/c1-15(27-19-13-9-17(10-14-19)23(25)26)21(24)22-16-7-11-20(12-8-16)28-18-5-3-2-4-6-18/h2-15H,1H3,(H,22,24). The number of anilines is 1. The molecule has 0 aliphatic heterocycles. The molecule has 0 bridgehead atoms. The molecule has 28 heavy (non-hydrogen) atoms.